The first-order valence-corrected chi connectivity index (χ1v) is 15.0. The number of benzene rings is 3. The second-order valence-corrected chi connectivity index (χ2v) is 13.0. The van der Waals surface area contributed by atoms with E-state index in [0.29, 0.717) is 24.3 Å². The molecular formula is C27H31N3O5S2. The maximum absolute atomic E-state index is 12.9. The lowest BCUT2D eigenvalue weighted by Crippen LogP contribution is -2.35. The van der Waals surface area contributed by atoms with Gasteiger partial charge in [-0.1, -0.05) is 36.8 Å². The van der Waals surface area contributed by atoms with Crippen LogP contribution in [-0.4, -0.2) is 57.9 Å². The largest absolute Gasteiger partial charge is 0.378 e. The lowest BCUT2D eigenvalue weighted by atomic mass is 10.1. The van der Waals surface area contributed by atoms with Crippen molar-refractivity contribution >= 4 is 31.5 Å². The lowest BCUT2D eigenvalue weighted by Gasteiger charge is -2.25. The van der Waals surface area contributed by atoms with E-state index in [1.54, 1.807) is 12.1 Å². The van der Waals surface area contributed by atoms with Crippen LogP contribution in [0.15, 0.2) is 88.7 Å². The molecule has 0 aliphatic carbocycles. The van der Waals surface area contributed by atoms with Gasteiger partial charge in [0.1, 0.15) is 0 Å². The number of piperidine rings is 1. The number of carbonyl (C=O) groups is 1. The highest BCUT2D eigenvalue weighted by atomic mass is 32.2. The van der Waals surface area contributed by atoms with E-state index in [4.69, 9.17) is 0 Å². The molecule has 0 unspecified atom stereocenters. The van der Waals surface area contributed by atoms with Crippen molar-refractivity contribution in [1.29, 1.82) is 0 Å². The molecule has 1 N–H and O–H groups in total. The fourth-order valence-corrected chi connectivity index (χ4v) is 6.88. The van der Waals surface area contributed by atoms with E-state index < -0.39 is 20.0 Å². The van der Waals surface area contributed by atoms with Gasteiger partial charge in [0, 0.05) is 37.9 Å². The number of ketones is 1. The first-order valence-electron chi connectivity index (χ1n) is 12.2. The number of nitrogens with one attached hydrogen (secondary N) is 1. The second kappa shape index (κ2) is 11.6. The van der Waals surface area contributed by atoms with Gasteiger partial charge in [-0.2, -0.15) is 8.61 Å². The van der Waals surface area contributed by atoms with Gasteiger partial charge in [0.2, 0.25) is 20.0 Å². The number of hydrogen-bond donors (Lipinski definition) is 1. The Morgan fingerprint density at radius 1 is 0.811 bits per heavy atom. The number of nitrogens with zero attached hydrogens (tertiary/aromatic N) is 2. The van der Waals surface area contributed by atoms with Crippen LogP contribution in [0.1, 0.15) is 35.2 Å². The third-order valence-electron chi connectivity index (χ3n) is 6.39. The van der Waals surface area contributed by atoms with Gasteiger partial charge in [-0.3, -0.25) is 4.79 Å². The van der Waals surface area contributed by atoms with E-state index in [1.165, 1.54) is 52.1 Å². The fourth-order valence-electron chi connectivity index (χ4n) is 4.20. The molecular weight excluding hydrogens is 510 g/mol. The van der Waals surface area contributed by atoms with Crippen LogP contribution in [0.4, 0.5) is 5.69 Å². The Morgan fingerprint density at radius 2 is 1.41 bits per heavy atom. The van der Waals surface area contributed by atoms with Crippen LogP contribution in [0.2, 0.25) is 0 Å². The topological polar surface area (TPSA) is 104 Å². The SMILES string of the molecule is CN(Cc1ccccc1)S(=O)(=O)c1ccc(NCC(=O)c2ccc(S(=O)(=O)N3CCCCC3)cc2)cc1. The molecule has 0 aromatic heterocycles. The van der Waals surface area contributed by atoms with Crippen molar-refractivity contribution in [3.63, 3.8) is 0 Å². The van der Waals surface area contributed by atoms with Gasteiger partial charge < -0.3 is 5.32 Å². The third-order valence-corrected chi connectivity index (χ3v) is 10.1. The minimum absolute atomic E-state index is 0.0156. The Balaban J connectivity index is 1.34. The molecule has 37 heavy (non-hydrogen) atoms. The van der Waals surface area contributed by atoms with Crippen LogP contribution in [0.3, 0.4) is 0 Å². The first-order chi connectivity index (χ1) is 17.7. The average Bonchev–Trinajstić information content (AvgIpc) is 2.93. The molecule has 0 spiro atoms. The number of carbonyl (C=O) groups excluding carboxylic acids is 1. The minimum atomic E-state index is -3.67. The van der Waals surface area contributed by atoms with Gasteiger partial charge in [0.15, 0.2) is 5.78 Å². The summed E-state index contributed by atoms with van der Waals surface area (Å²) in [6.45, 7) is 1.29. The van der Waals surface area contributed by atoms with Crippen molar-refractivity contribution in [3.05, 3.63) is 90.0 Å². The van der Waals surface area contributed by atoms with Crippen molar-refractivity contribution in [1.82, 2.24) is 8.61 Å². The maximum Gasteiger partial charge on any atom is 0.243 e. The van der Waals surface area contributed by atoms with Crippen LogP contribution in [-0.2, 0) is 26.6 Å². The molecule has 8 nitrogen and oxygen atoms in total. The number of hydrogen-bond acceptors (Lipinski definition) is 6. The minimum Gasteiger partial charge on any atom is -0.378 e. The van der Waals surface area contributed by atoms with Crippen LogP contribution in [0, 0.1) is 0 Å². The summed E-state index contributed by atoms with van der Waals surface area (Å²) < 4.78 is 54.2. The molecule has 1 aliphatic heterocycles. The van der Waals surface area contributed by atoms with Crippen LogP contribution < -0.4 is 5.32 Å². The number of sulfonamides is 2. The van der Waals surface area contributed by atoms with E-state index in [0.717, 1.165) is 24.8 Å². The van der Waals surface area contributed by atoms with E-state index in [-0.39, 0.29) is 28.7 Å². The van der Waals surface area contributed by atoms with Crippen molar-refractivity contribution in [2.75, 3.05) is 32.0 Å². The van der Waals surface area contributed by atoms with Crippen molar-refractivity contribution in [2.24, 2.45) is 0 Å². The summed E-state index contributed by atoms with van der Waals surface area (Å²) in [5, 5.41) is 3.00. The predicted octanol–water partition coefficient (Wildman–Crippen LogP) is 3.98. The molecule has 1 saturated heterocycles. The molecule has 196 valence electrons. The summed E-state index contributed by atoms with van der Waals surface area (Å²) in [5.74, 6) is -0.207. The Kier molecular flexibility index (Phi) is 8.43. The molecule has 1 heterocycles. The second-order valence-electron chi connectivity index (χ2n) is 9.04. The first kappa shape index (κ1) is 27.0. The number of Topliss-reactive ketones (excluding diaryl/α,β-unsaturated/α-hetero) is 1. The Hall–Kier alpha value is -3.05. The molecule has 1 aliphatic rings. The highest BCUT2D eigenvalue weighted by molar-refractivity contribution is 7.89. The van der Waals surface area contributed by atoms with Crippen LogP contribution >= 0.6 is 0 Å². The Bertz CT molecular complexity index is 1420. The maximum atomic E-state index is 12.9. The number of anilines is 1. The molecule has 1 fully saturated rings. The smallest absolute Gasteiger partial charge is 0.243 e. The number of rotatable bonds is 10. The molecule has 0 amide bonds. The van der Waals surface area contributed by atoms with Crippen molar-refractivity contribution in [3.8, 4) is 0 Å². The molecule has 4 rings (SSSR count). The van der Waals surface area contributed by atoms with E-state index in [2.05, 4.69) is 5.32 Å². The van der Waals surface area contributed by atoms with Crippen molar-refractivity contribution < 1.29 is 21.6 Å². The Morgan fingerprint density at radius 3 is 2.03 bits per heavy atom. The fraction of sp³-hybridized carbons (Fsp3) is 0.296. The summed E-state index contributed by atoms with van der Waals surface area (Å²) in [5.41, 5.74) is 1.89. The highest BCUT2D eigenvalue weighted by Gasteiger charge is 2.26. The summed E-state index contributed by atoms with van der Waals surface area (Å²) in [6.07, 6.45) is 2.76. The zero-order chi connectivity index (χ0) is 26.5. The van der Waals surface area contributed by atoms with Crippen LogP contribution in [0.5, 0.6) is 0 Å². The molecule has 3 aromatic carbocycles. The summed E-state index contributed by atoms with van der Waals surface area (Å²) >= 11 is 0. The van der Waals surface area contributed by atoms with Gasteiger partial charge in [-0.05, 0) is 66.9 Å². The van der Waals surface area contributed by atoms with Gasteiger partial charge >= 0.3 is 0 Å². The quantitative estimate of drug-likeness (QED) is 0.390. The van der Waals surface area contributed by atoms with Gasteiger partial charge in [0.25, 0.3) is 0 Å². The standard InChI is InChI=1S/C27H31N3O5S2/c1-29(21-22-8-4-2-5-9-22)36(32,33)25-16-12-24(13-17-25)28-20-27(31)23-10-14-26(15-11-23)37(34,35)30-18-6-3-7-19-30/h2,4-5,8-17,28H,3,6-7,18-21H2,1H3. The van der Waals surface area contributed by atoms with E-state index in [1.807, 2.05) is 30.3 Å². The van der Waals surface area contributed by atoms with Gasteiger partial charge in [-0.15, -0.1) is 0 Å². The van der Waals surface area contributed by atoms with E-state index >= 15 is 0 Å². The predicted molar refractivity (Wildman–Crippen MR) is 143 cm³/mol. The molecule has 0 atom stereocenters. The normalized spacial score (nSPS) is 15.0. The lowest BCUT2D eigenvalue weighted by molar-refractivity contribution is 0.101. The summed E-state index contributed by atoms with van der Waals surface area (Å²) in [7, 11) is -5.67. The van der Waals surface area contributed by atoms with Crippen molar-refractivity contribution in [2.45, 2.75) is 35.6 Å². The summed E-state index contributed by atoms with van der Waals surface area (Å²) in [4.78, 5) is 13.0. The molecule has 0 radical (unpaired) electrons. The Labute approximate surface area is 219 Å². The highest BCUT2D eigenvalue weighted by Crippen LogP contribution is 2.22. The van der Waals surface area contributed by atoms with Gasteiger partial charge in [-0.25, -0.2) is 16.8 Å². The average molecular weight is 542 g/mol. The van der Waals surface area contributed by atoms with Gasteiger partial charge in [0.05, 0.1) is 16.3 Å². The molecule has 0 bridgehead atoms. The third kappa shape index (κ3) is 6.45. The molecule has 3 aromatic rings. The van der Waals surface area contributed by atoms with E-state index in [9.17, 15) is 21.6 Å². The zero-order valence-electron chi connectivity index (χ0n) is 20.7. The zero-order valence-corrected chi connectivity index (χ0v) is 22.3. The molecule has 10 heteroatoms. The monoisotopic (exact) mass is 541 g/mol. The van der Waals surface area contributed by atoms with Crippen LogP contribution in [0.25, 0.3) is 0 Å². The molecule has 0 saturated carbocycles. The summed E-state index contributed by atoms with van der Waals surface area (Å²) in [6, 6.07) is 21.6.